The second-order valence-corrected chi connectivity index (χ2v) is 6.47. The number of hydrogen-bond donors (Lipinski definition) is 2. The van der Waals surface area contributed by atoms with Crippen LogP contribution < -0.4 is 10.1 Å². The number of rotatable bonds is 7. The smallest absolute Gasteiger partial charge is 0.387 e. The molecule has 2 N–H and O–H groups in total. The Morgan fingerprint density at radius 2 is 1.77 bits per heavy atom. The zero-order valence-electron chi connectivity index (χ0n) is 15.7. The van der Waals surface area contributed by atoms with E-state index in [1.54, 1.807) is 4.40 Å². The second-order valence-electron chi connectivity index (χ2n) is 6.47. The number of halogens is 4. The normalized spacial score (nSPS) is 12.3. The molecule has 31 heavy (non-hydrogen) atoms. The third-order valence-electron chi connectivity index (χ3n) is 4.50. The molecular weight excluding hydrogens is 418 g/mol. The summed E-state index contributed by atoms with van der Waals surface area (Å²) in [4.78, 5) is 4.07. The van der Waals surface area contributed by atoms with Crippen molar-refractivity contribution in [3.63, 3.8) is 0 Å². The molecule has 0 saturated carbocycles. The molecule has 160 valence electrons. The number of alkyl halides is 2. The molecule has 0 bridgehead atoms. The average Bonchev–Trinajstić information content (AvgIpc) is 3.19. The van der Waals surface area contributed by atoms with Gasteiger partial charge in [0, 0.05) is 5.56 Å². The molecule has 7 nitrogen and oxygen atoms in total. The average molecular weight is 433 g/mol. The molecular formula is C20H15F4N5O2. The number of nitrogens with zero attached hydrogens (tertiary/aromatic N) is 4. The Morgan fingerprint density at radius 1 is 1.00 bits per heavy atom. The van der Waals surface area contributed by atoms with Crippen LogP contribution in [0.4, 0.5) is 23.4 Å². The molecule has 0 radical (unpaired) electrons. The van der Waals surface area contributed by atoms with Crippen molar-refractivity contribution in [3.05, 3.63) is 72.1 Å². The number of benzene rings is 2. The van der Waals surface area contributed by atoms with Gasteiger partial charge >= 0.3 is 6.61 Å². The van der Waals surface area contributed by atoms with E-state index in [2.05, 4.69) is 25.2 Å². The van der Waals surface area contributed by atoms with Crippen molar-refractivity contribution in [1.29, 1.82) is 0 Å². The van der Waals surface area contributed by atoms with E-state index in [-0.39, 0.29) is 5.75 Å². The van der Waals surface area contributed by atoms with Crippen molar-refractivity contribution >= 4 is 11.5 Å². The molecule has 1 unspecified atom stereocenters. The molecule has 0 amide bonds. The van der Waals surface area contributed by atoms with E-state index >= 15 is 0 Å². The fourth-order valence-electron chi connectivity index (χ4n) is 3.07. The highest BCUT2D eigenvalue weighted by Gasteiger charge is 2.18. The standard InChI is InChI=1S/C20H15F4N5O2/c21-14-6-3-12(7-15(14)22)16(10-30)26-17-8-25-9-18-27-28-19(29(17)18)11-1-4-13(5-2-11)31-20(23)24/h1-9,16,20,26,30H,10H2. The van der Waals surface area contributed by atoms with E-state index in [1.165, 1.54) is 42.7 Å². The van der Waals surface area contributed by atoms with E-state index in [1.807, 2.05) is 0 Å². The van der Waals surface area contributed by atoms with Crippen molar-refractivity contribution < 1.29 is 27.4 Å². The van der Waals surface area contributed by atoms with Gasteiger partial charge in [0.2, 0.25) is 0 Å². The number of fused-ring (bicyclic) bond motifs is 1. The quantitative estimate of drug-likeness (QED) is 0.431. The maximum absolute atomic E-state index is 13.6. The monoisotopic (exact) mass is 433 g/mol. The van der Waals surface area contributed by atoms with Crippen LogP contribution in [0.2, 0.25) is 0 Å². The molecule has 2 aromatic heterocycles. The lowest BCUT2D eigenvalue weighted by Crippen LogP contribution is -2.17. The van der Waals surface area contributed by atoms with E-state index < -0.39 is 30.9 Å². The lowest BCUT2D eigenvalue weighted by molar-refractivity contribution is -0.0498. The van der Waals surface area contributed by atoms with Gasteiger partial charge in [-0.3, -0.25) is 9.38 Å². The third kappa shape index (κ3) is 4.26. The molecule has 11 heteroatoms. The Kier molecular flexibility index (Phi) is 5.67. The summed E-state index contributed by atoms with van der Waals surface area (Å²) in [7, 11) is 0. The van der Waals surface area contributed by atoms with Gasteiger partial charge in [0.05, 0.1) is 25.0 Å². The van der Waals surface area contributed by atoms with Gasteiger partial charge in [0.25, 0.3) is 0 Å². The van der Waals surface area contributed by atoms with Crippen molar-refractivity contribution in [2.45, 2.75) is 12.7 Å². The molecule has 0 aliphatic heterocycles. The zero-order valence-corrected chi connectivity index (χ0v) is 15.7. The maximum Gasteiger partial charge on any atom is 0.387 e. The van der Waals surface area contributed by atoms with Crippen LogP contribution in [0.3, 0.4) is 0 Å². The summed E-state index contributed by atoms with van der Waals surface area (Å²) < 4.78 is 57.6. The first kappa shape index (κ1) is 20.5. The minimum absolute atomic E-state index is 0.00809. The van der Waals surface area contributed by atoms with Crippen LogP contribution in [0, 0.1) is 11.6 Å². The molecule has 1 atom stereocenters. The Labute approximate surface area is 173 Å². The predicted molar refractivity (Wildman–Crippen MR) is 103 cm³/mol. The summed E-state index contributed by atoms with van der Waals surface area (Å²) in [5, 5.41) is 21.0. The van der Waals surface area contributed by atoms with Crippen molar-refractivity contribution in [3.8, 4) is 17.1 Å². The first-order valence-corrected chi connectivity index (χ1v) is 9.03. The number of anilines is 1. The summed E-state index contributed by atoms with van der Waals surface area (Å²) in [6.07, 6.45) is 2.91. The van der Waals surface area contributed by atoms with E-state index in [0.29, 0.717) is 28.4 Å². The minimum Gasteiger partial charge on any atom is -0.435 e. The van der Waals surface area contributed by atoms with E-state index in [4.69, 9.17) is 0 Å². The first-order chi connectivity index (χ1) is 15.0. The van der Waals surface area contributed by atoms with Gasteiger partial charge in [0.15, 0.2) is 23.1 Å². The summed E-state index contributed by atoms with van der Waals surface area (Å²) in [6, 6.07) is 8.36. The van der Waals surface area contributed by atoms with Gasteiger partial charge in [-0.2, -0.15) is 8.78 Å². The summed E-state index contributed by atoms with van der Waals surface area (Å²) in [5.74, 6) is -1.30. The van der Waals surface area contributed by atoms with Crippen LogP contribution in [0.5, 0.6) is 5.75 Å². The number of nitrogens with one attached hydrogen (secondary N) is 1. The molecule has 0 spiro atoms. The molecule has 0 fully saturated rings. The predicted octanol–water partition coefficient (Wildman–Crippen LogP) is 3.82. The molecule has 2 aromatic carbocycles. The van der Waals surface area contributed by atoms with Crippen LogP contribution in [-0.2, 0) is 0 Å². The zero-order chi connectivity index (χ0) is 22.0. The van der Waals surface area contributed by atoms with E-state index in [9.17, 15) is 22.7 Å². The van der Waals surface area contributed by atoms with Crippen LogP contribution in [0.15, 0.2) is 54.9 Å². The van der Waals surface area contributed by atoms with Crippen molar-refractivity contribution in [2.24, 2.45) is 0 Å². The fourth-order valence-corrected chi connectivity index (χ4v) is 3.07. The number of aliphatic hydroxyl groups is 1. The second kappa shape index (κ2) is 8.56. The molecule has 0 saturated heterocycles. The number of ether oxygens (including phenoxy) is 1. The molecule has 0 aliphatic rings. The van der Waals surface area contributed by atoms with Crippen LogP contribution >= 0.6 is 0 Å². The largest absolute Gasteiger partial charge is 0.435 e. The molecule has 4 rings (SSSR count). The van der Waals surface area contributed by atoms with Crippen LogP contribution in [0.1, 0.15) is 11.6 Å². The molecule has 2 heterocycles. The minimum atomic E-state index is -2.94. The van der Waals surface area contributed by atoms with Gasteiger partial charge in [-0.05, 0) is 42.0 Å². The maximum atomic E-state index is 13.6. The Hall–Kier alpha value is -3.73. The highest BCUT2D eigenvalue weighted by atomic mass is 19.3. The molecule has 0 aliphatic carbocycles. The number of aliphatic hydroxyl groups excluding tert-OH is 1. The summed E-state index contributed by atoms with van der Waals surface area (Å²) >= 11 is 0. The van der Waals surface area contributed by atoms with Gasteiger partial charge in [0.1, 0.15) is 11.6 Å². The lowest BCUT2D eigenvalue weighted by atomic mass is 10.1. The van der Waals surface area contributed by atoms with Gasteiger partial charge in [-0.1, -0.05) is 6.07 Å². The van der Waals surface area contributed by atoms with Crippen molar-refractivity contribution in [2.75, 3.05) is 11.9 Å². The van der Waals surface area contributed by atoms with Gasteiger partial charge in [-0.25, -0.2) is 8.78 Å². The topological polar surface area (TPSA) is 84.6 Å². The van der Waals surface area contributed by atoms with Crippen LogP contribution in [0.25, 0.3) is 17.0 Å². The Bertz CT molecular complexity index is 1200. The summed E-state index contributed by atoms with van der Waals surface area (Å²) in [6.45, 7) is -3.35. The first-order valence-electron chi connectivity index (χ1n) is 9.03. The third-order valence-corrected chi connectivity index (χ3v) is 4.50. The number of hydrogen-bond acceptors (Lipinski definition) is 6. The van der Waals surface area contributed by atoms with Gasteiger partial charge < -0.3 is 15.2 Å². The van der Waals surface area contributed by atoms with Gasteiger partial charge in [-0.15, -0.1) is 10.2 Å². The van der Waals surface area contributed by atoms with Crippen LogP contribution in [-0.4, -0.2) is 37.9 Å². The lowest BCUT2D eigenvalue weighted by Gasteiger charge is -2.19. The highest BCUT2D eigenvalue weighted by molar-refractivity contribution is 5.63. The van der Waals surface area contributed by atoms with E-state index in [0.717, 1.165) is 12.1 Å². The summed E-state index contributed by atoms with van der Waals surface area (Å²) in [5.41, 5.74) is 1.24. The Morgan fingerprint density at radius 3 is 2.45 bits per heavy atom. The molecule has 4 aromatic rings. The Balaban J connectivity index is 1.70. The highest BCUT2D eigenvalue weighted by Crippen LogP contribution is 2.27. The number of aromatic nitrogens is 4. The fraction of sp³-hybridized carbons (Fsp3) is 0.150. The SMILES string of the molecule is OCC(Nc1cncc2nnc(-c3ccc(OC(F)F)cc3)n12)c1ccc(F)c(F)c1. The van der Waals surface area contributed by atoms with Crippen molar-refractivity contribution in [1.82, 2.24) is 19.6 Å².